The highest BCUT2D eigenvalue weighted by molar-refractivity contribution is 5.85. The number of likely N-dealkylation sites (N-methyl/N-ethyl adjacent to an activating group) is 2. The highest BCUT2D eigenvalue weighted by atomic mass is 35.5. The fraction of sp³-hybridized carbons (Fsp3) is 0.647. The molecule has 2 fully saturated rings. The van der Waals surface area contributed by atoms with Crippen molar-refractivity contribution in [3.8, 4) is 0 Å². The number of nitrogens with zero attached hydrogens (tertiary/aromatic N) is 1. The molecule has 0 aliphatic heterocycles. The molecule has 0 spiro atoms. The third-order valence-electron chi connectivity index (χ3n) is 8.86. The summed E-state index contributed by atoms with van der Waals surface area (Å²) in [7, 11) is 8.53. The largest absolute Gasteiger partial charge is 0.389 e. The van der Waals surface area contributed by atoms with E-state index in [1.54, 1.807) is 0 Å². The van der Waals surface area contributed by atoms with Crippen molar-refractivity contribution >= 4 is 12.4 Å². The molecule has 2 aliphatic rings. The molecule has 0 amide bonds. The Hall–Kier alpha value is -1.43. The van der Waals surface area contributed by atoms with Gasteiger partial charge in [0.25, 0.3) is 0 Å². The van der Waals surface area contributed by atoms with E-state index in [1.807, 2.05) is 0 Å². The van der Waals surface area contributed by atoms with Crippen LogP contribution in [0, 0.1) is 13.8 Å². The molecule has 2 unspecified atom stereocenters. The van der Waals surface area contributed by atoms with Gasteiger partial charge in [0, 0.05) is 12.5 Å². The van der Waals surface area contributed by atoms with Crippen molar-refractivity contribution in [3.63, 3.8) is 0 Å². The number of nitrogens with one attached hydrogen (secondary N) is 1. The summed E-state index contributed by atoms with van der Waals surface area (Å²) in [5, 5.41) is 22.2. The van der Waals surface area contributed by atoms with Gasteiger partial charge in [-0.15, -0.1) is 12.4 Å². The van der Waals surface area contributed by atoms with Gasteiger partial charge in [0.05, 0.1) is 37.8 Å². The first kappa shape index (κ1) is 33.8. The minimum absolute atomic E-state index is 0. The molecule has 2 aliphatic carbocycles. The standard InChI is InChI=1S/2C17H27NO.ClH/c2*1-14-7-9-15(10-8-14)16(13-18(2)3)17(19)11-5-4-6-12-17;/h2*7-10,16,19H,4-6,11-13H2,1-3H3;1H/p+1. The first-order valence-corrected chi connectivity index (χ1v) is 15.0. The van der Waals surface area contributed by atoms with Gasteiger partial charge in [0.2, 0.25) is 0 Å². The number of quaternary nitrogens is 1. The lowest BCUT2D eigenvalue weighted by atomic mass is 9.72. The van der Waals surface area contributed by atoms with E-state index in [9.17, 15) is 10.2 Å². The van der Waals surface area contributed by atoms with E-state index < -0.39 is 11.2 Å². The zero-order chi connectivity index (χ0) is 27.8. The van der Waals surface area contributed by atoms with Crippen LogP contribution >= 0.6 is 12.4 Å². The number of hydrogen-bond acceptors (Lipinski definition) is 3. The van der Waals surface area contributed by atoms with Crippen molar-refractivity contribution in [1.82, 2.24) is 4.90 Å². The molecule has 5 heteroatoms. The number of aliphatic hydroxyl groups is 2. The predicted molar refractivity (Wildman–Crippen MR) is 167 cm³/mol. The number of aryl methyl sites for hydroxylation is 2. The van der Waals surface area contributed by atoms with Gasteiger partial charge in [0.1, 0.15) is 0 Å². The Kier molecular flexibility index (Phi) is 13.5. The normalized spacial score (nSPS) is 19.9. The van der Waals surface area contributed by atoms with E-state index in [-0.39, 0.29) is 24.2 Å². The molecule has 2 atom stereocenters. The summed E-state index contributed by atoms with van der Waals surface area (Å²) in [5.41, 5.74) is 4.14. The third kappa shape index (κ3) is 9.86. The maximum absolute atomic E-state index is 11.1. The molecule has 3 N–H and O–H groups in total. The second-order valence-electron chi connectivity index (χ2n) is 12.9. The Morgan fingerprint density at radius 1 is 0.667 bits per heavy atom. The smallest absolute Gasteiger partial charge is 0.0864 e. The average molecular weight is 560 g/mol. The van der Waals surface area contributed by atoms with Gasteiger partial charge in [-0.25, -0.2) is 0 Å². The molecular weight excluding hydrogens is 504 g/mol. The molecule has 0 radical (unpaired) electrons. The molecule has 0 bridgehead atoms. The summed E-state index contributed by atoms with van der Waals surface area (Å²) in [6.45, 7) is 6.14. The van der Waals surface area contributed by atoms with E-state index in [0.717, 1.165) is 51.6 Å². The first-order chi connectivity index (χ1) is 18.0. The van der Waals surface area contributed by atoms with Crippen LogP contribution < -0.4 is 4.90 Å². The van der Waals surface area contributed by atoms with Crippen molar-refractivity contribution in [2.45, 2.75) is 101 Å². The Bertz CT molecular complexity index is 867. The summed E-state index contributed by atoms with van der Waals surface area (Å²) in [5.74, 6) is 0.488. The van der Waals surface area contributed by atoms with Gasteiger partial charge in [-0.2, -0.15) is 0 Å². The minimum Gasteiger partial charge on any atom is -0.389 e. The Labute approximate surface area is 245 Å². The van der Waals surface area contributed by atoms with Crippen LogP contribution in [0.2, 0.25) is 0 Å². The quantitative estimate of drug-likeness (QED) is 0.390. The number of hydrogen-bond donors (Lipinski definition) is 3. The van der Waals surface area contributed by atoms with Gasteiger partial charge < -0.3 is 20.0 Å². The maximum atomic E-state index is 11.1. The van der Waals surface area contributed by atoms with Crippen molar-refractivity contribution in [2.75, 3.05) is 41.3 Å². The summed E-state index contributed by atoms with van der Waals surface area (Å²) in [6.07, 6.45) is 11.0. The number of rotatable bonds is 8. The topological polar surface area (TPSA) is 48.1 Å². The highest BCUT2D eigenvalue weighted by Crippen LogP contribution is 2.41. The highest BCUT2D eigenvalue weighted by Gasteiger charge is 2.40. The lowest BCUT2D eigenvalue weighted by Crippen LogP contribution is -3.06. The van der Waals surface area contributed by atoms with Crippen molar-refractivity contribution < 1.29 is 15.1 Å². The molecule has 220 valence electrons. The van der Waals surface area contributed by atoms with E-state index in [2.05, 4.69) is 95.5 Å². The lowest BCUT2D eigenvalue weighted by molar-refractivity contribution is -0.860. The molecule has 0 heterocycles. The fourth-order valence-corrected chi connectivity index (χ4v) is 6.60. The first-order valence-electron chi connectivity index (χ1n) is 15.0. The molecule has 4 rings (SSSR count). The van der Waals surface area contributed by atoms with Crippen molar-refractivity contribution in [3.05, 3.63) is 70.8 Å². The summed E-state index contributed by atoms with van der Waals surface area (Å²) in [6, 6.07) is 17.4. The average Bonchev–Trinajstić information content (AvgIpc) is 2.88. The molecule has 2 saturated carbocycles. The molecule has 0 saturated heterocycles. The van der Waals surface area contributed by atoms with Gasteiger partial charge in [-0.1, -0.05) is 98.2 Å². The zero-order valence-electron chi connectivity index (χ0n) is 25.5. The van der Waals surface area contributed by atoms with E-state index >= 15 is 0 Å². The number of halogens is 1. The van der Waals surface area contributed by atoms with Crippen LogP contribution in [0.15, 0.2) is 48.5 Å². The Morgan fingerprint density at radius 3 is 1.38 bits per heavy atom. The monoisotopic (exact) mass is 559 g/mol. The summed E-state index contributed by atoms with van der Waals surface area (Å²) >= 11 is 0. The molecule has 2 aromatic rings. The summed E-state index contributed by atoms with van der Waals surface area (Å²) in [4.78, 5) is 3.60. The second kappa shape index (κ2) is 15.5. The SMILES string of the molecule is Cc1ccc(C(CN(C)C)C2(O)CCCCC2)cc1.Cc1ccc(C(C[NH+](C)C)C2(O)CCCCC2)cc1.Cl. The third-order valence-corrected chi connectivity index (χ3v) is 8.86. The van der Waals surface area contributed by atoms with Crippen LogP contribution in [0.1, 0.15) is 98.3 Å². The summed E-state index contributed by atoms with van der Waals surface area (Å²) < 4.78 is 0. The fourth-order valence-electron chi connectivity index (χ4n) is 6.60. The molecular formula is C34H56ClN2O2+. The molecule has 0 aromatic heterocycles. The second-order valence-corrected chi connectivity index (χ2v) is 12.9. The van der Waals surface area contributed by atoms with Crippen LogP contribution in [-0.4, -0.2) is 67.6 Å². The van der Waals surface area contributed by atoms with E-state index in [0.29, 0.717) is 0 Å². The van der Waals surface area contributed by atoms with Crippen LogP contribution in [0.4, 0.5) is 0 Å². The van der Waals surface area contributed by atoms with Crippen LogP contribution in [0.5, 0.6) is 0 Å². The zero-order valence-corrected chi connectivity index (χ0v) is 26.3. The van der Waals surface area contributed by atoms with Gasteiger partial charge in [-0.05, 0) is 64.8 Å². The lowest BCUT2D eigenvalue weighted by Gasteiger charge is -2.40. The van der Waals surface area contributed by atoms with Gasteiger partial charge in [-0.3, -0.25) is 0 Å². The predicted octanol–water partition coefficient (Wildman–Crippen LogP) is 5.68. The Morgan fingerprint density at radius 2 is 1.03 bits per heavy atom. The van der Waals surface area contributed by atoms with Crippen molar-refractivity contribution in [2.24, 2.45) is 0 Å². The van der Waals surface area contributed by atoms with Crippen LogP contribution in [0.25, 0.3) is 0 Å². The minimum atomic E-state index is -0.516. The van der Waals surface area contributed by atoms with Crippen LogP contribution in [0.3, 0.4) is 0 Å². The molecule has 2 aromatic carbocycles. The maximum Gasteiger partial charge on any atom is 0.0864 e. The van der Waals surface area contributed by atoms with Crippen LogP contribution in [-0.2, 0) is 0 Å². The van der Waals surface area contributed by atoms with Gasteiger partial charge >= 0.3 is 0 Å². The molecule has 39 heavy (non-hydrogen) atoms. The van der Waals surface area contributed by atoms with E-state index in [4.69, 9.17) is 0 Å². The molecule has 4 nitrogen and oxygen atoms in total. The van der Waals surface area contributed by atoms with Crippen molar-refractivity contribution in [1.29, 1.82) is 0 Å². The number of benzene rings is 2. The van der Waals surface area contributed by atoms with E-state index in [1.165, 1.54) is 52.8 Å². The van der Waals surface area contributed by atoms with Gasteiger partial charge in [0.15, 0.2) is 0 Å². The Balaban J connectivity index is 0.000000267.